The summed E-state index contributed by atoms with van der Waals surface area (Å²) in [5.41, 5.74) is -0.171. The quantitative estimate of drug-likeness (QED) is 0.633. The summed E-state index contributed by atoms with van der Waals surface area (Å²) in [4.78, 5) is 33.2. The molecule has 1 aliphatic heterocycles. The number of methoxy groups -OCH3 is 1. The molecule has 1 saturated heterocycles. The van der Waals surface area contributed by atoms with E-state index in [4.69, 9.17) is 21.1 Å². The highest BCUT2D eigenvalue weighted by Gasteiger charge is 2.41. The molecule has 1 amide bonds. The largest absolute Gasteiger partial charge is 0.482 e. The van der Waals surface area contributed by atoms with Gasteiger partial charge < -0.3 is 19.1 Å². The van der Waals surface area contributed by atoms with Crippen LogP contribution in [0.25, 0.3) is 0 Å². The SMILES string of the molecule is COC(=O)c1ncc(OC(c2cccc(F)c2Cl)C2CN(C(=O)OC(C)(C)C)C2)cn1. The fourth-order valence-corrected chi connectivity index (χ4v) is 3.29. The minimum atomic E-state index is -0.678. The van der Waals surface area contributed by atoms with Crippen molar-refractivity contribution < 1.29 is 28.2 Å². The summed E-state index contributed by atoms with van der Waals surface area (Å²) in [5.74, 6) is -1.28. The highest BCUT2D eigenvalue weighted by atomic mass is 35.5. The first kappa shape index (κ1) is 22.7. The van der Waals surface area contributed by atoms with Crippen LogP contribution in [0.2, 0.25) is 5.02 Å². The molecule has 0 N–H and O–H groups in total. The summed E-state index contributed by atoms with van der Waals surface area (Å²) in [5, 5.41) is -0.0599. The highest BCUT2D eigenvalue weighted by Crippen LogP contribution is 2.38. The minimum absolute atomic E-state index is 0.0599. The molecule has 3 rings (SSSR count). The van der Waals surface area contributed by atoms with Gasteiger partial charge in [0, 0.05) is 24.6 Å². The first-order valence-electron chi connectivity index (χ1n) is 9.58. The van der Waals surface area contributed by atoms with Gasteiger partial charge in [-0.1, -0.05) is 23.7 Å². The minimum Gasteiger partial charge on any atom is -0.482 e. The van der Waals surface area contributed by atoms with E-state index in [1.807, 2.05) is 0 Å². The molecule has 166 valence electrons. The van der Waals surface area contributed by atoms with Crippen LogP contribution < -0.4 is 4.74 Å². The molecule has 31 heavy (non-hydrogen) atoms. The van der Waals surface area contributed by atoms with Gasteiger partial charge in [0.2, 0.25) is 5.82 Å². The summed E-state index contributed by atoms with van der Waals surface area (Å²) < 4.78 is 30.1. The van der Waals surface area contributed by atoms with Gasteiger partial charge in [-0.05, 0) is 26.8 Å². The summed E-state index contributed by atoms with van der Waals surface area (Å²) in [7, 11) is 1.23. The molecule has 0 bridgehead atoms. The van der Waals surface area contributed by atoms with Gasteiger partial charge in [0.25, 0.3) is 0 Å². The van der Waals surface area contributed by atoms with Crippen LogP contribution in [0.3, 0.4) is 0 Å². The number of rotatable bonds is 5. The molecular weight excluding hydrogens is 429 g/mol. The van der Waals surface area contributed by atoms with Crippen molar-refractivity contribution in [3.63, 3.8) is 0 Å². The Morgan fingerprint density at radius 2 is 1.87 bits per heavy atom. The van der Waals surface area contributed by atoms with Crippen LogP contribution in [-0.4, -0.2) is 52.7 Å². The molecule has 1 aliphatic rings. The number of amides is 1. The normalized spacial score (nSPS) is 15.1. The van der Waals surface area contributed by atoms with E-state index in [1.54, 1.807) is 26.8 Å². The molecule has 0 spiro atoms. The number of nitrogens with zero attached hydrogens (tertiary/aromatic N) is 3. The predicted molar refractivity (Wildman–Crippen MR) is 109 cm³/mol. The zero-order chi connectivity index (χ0) is 22.8. The molecule has 1 aromatic carbocycles. The molecule has 0 radical (unpaired) electrons. The Kier molecular flexibility index (Phi) is 6.64. The Labute approximate surface area is 184 Å². The molecule has 0 saturated carbocycles. The lowest BCUT2D eigenvalue weighted by Gasteiger charge is -2.43. The van der Waals surface area contributed by atoms with E-state index in [9.17, 15) is 14.0 Å². The van der Waals surface area contributed by atoms with Gasteiger partial charge >= 0.3 is 12.1 Å². The predicted octanol–water partition coefficient (Wildman–Crippen LogP) is 4.04. The smallest absolute Gasteiger partial charge is 0.410 e. The van der Waals surface area contributed by atoms with Crippen molar-refractivity contribution in [2.45, 2.75) is 32.5 Å². The van der Waals surface area contributed by atoms with E-state index in [2.05, 4.69) is 14.7 Å². The highest BCUT2D eigenvalue weighted by molar-refractivity contribution is 6.31. The third-order valence-corrected chi connectivity index (χ3v) is 4.94. The second kappa shape index (κ2) is 9.05. The van der Waals surface area contributed by atoms with Gasteiger partial charge in [0.15, 0.2) is 5.75 Å². The second-order valence-electron chi connectivity index (χ2n) is 8.06. The Bertz CT molecular complexity index is 958. The van der Waals surface area contributed by atoms with Crippen LogP contribution in [0.5, 0.6) is 5.75 Å². The molecule has 1 fully saturated rings. The molecule has 10 heteroatoms. The number of benzene rings is 1. The number of likely N-dealkylation sites (tertiary alicyclic amines) is 1. The van der Waals surface area contributed by atoms with Crippen molar-refractivity contribution in [1.29, 1.82) is 0 Å². The lowest BCUT2D eigenvalue weighted by molar-refractivity contribution is -0.0256. The van der Waals surface area contributed by atoms with Crippen molar-refractivity contribution in [2.75, 3.05) is 20.2 Å². The standard InChI is InChI=1S/C21H23ClFN3O5/c1-21(2,3)31-20(28)26-10-12(11-26)17(14-6-5-7-15(23)16(14)22)30-13-8-24-18(25-9-13)19(27)29-4/h5-9,12,17H,10-11H2,1-4H3. The maximum absolute atomic E-state index is 14.1. The molecule has 8 nitrogen and oxygen atoms in total. The number of hydrogen-bond acceptors (Lipinski definition) is 7. The lowest BCUT2D eigenvalue weighted by Crippen LogP contribution is -2.54. The number of hydrogen-bond donors (Lipinski definition) is 0. The zero-order valence-corrected chi connectivity index (χ0v) is 18.4. The Balaban J connectivity index is 1.80. The van der Waals surface area contributed by atoms with Crippen molar-refractivity contribution >= 4 is 23.7 Å². The third kappa shape index (κ3) is 5.41. The zero-order valence-electron chi connectivity index (χ0n) is 17.6. The van der Waals surface area contributed by atoms with Crippen molar-refractivity contribution in [2.24, 2.45) is 5.92 Å². The lowest BCUT2D eigenvalue weighted by atomic mass is 9.89. The van der Waals surface area contributed by atoms with Crippen LogP contribution in [-0.2, 0) is 9.47 Å². The van der Waals surface area contributed by atoms with E-state index < -0.39 is 29.6 Å². The number of aromatic nitrogens is 2. The van der Waals surface area contributed by atoms with Gasteiger partial charge in [-0.2, -0.15) is 0 Å². The first-order valence-corrected chi connectivity index (χ1v) is 9.95. The summed E-state index contributed by atoms with van der Waals surface area (Å²) in [6, 6.07) is 4.45. The van der Waals surface area contributed by atoms with Crippen LogP contribution in [0.1, 0.15) is 43.1 Å². The van der Waals surface area contributed by atoms with E-state index in [1.165, 1.54) is 36.5 Å². The maximum Gasteiger partial charge on any atom is 0.410 e. The van der Waals surface area contributed by atoms with E-state index in [-0.39, 0.29) is 22.5 Å². The van der Waals surface area contributed by atoms with Gasteiger partial charge in [-0.25, -0.2) is 23.9 Å². The molecule has 0 aliphatic carbocycles. The number of carbonyl (C=O) groups excluding carboxylic acids is 2. The van der Waals surface area contributed by atoms with Gasteiger partial charge in [-0.15, -0.1) is 0 Å². The van der Waals surface area contributed by atoms with Crippen molar-refractivity contribution in [3.05, 3.63) is 52.8 Å². The van der Waals surface area contributed by atoms with Gasteiger partial charge in [0.1, 0.15) is 17.5 Å². The van der Waals surface area contributed by atoms with Crippen molar-refractivity contribution in [1.82, 2.24) is 14.9 Å². The molecule has 1 atom stereocenters. The third-order valence-electron chi connectivity index (χ3n) is 4.54. The number of carbonyl (C=O) groups is 2. The number of halogens is 2. The van der Waals surface area contributed by atoms with Gasteiger partial charge in [-0.3, -0.25) is 0 Å². The van der Waals surface area contributed by atoms with Crippen LogP contribution in [0.4, 0.5) is 9.18 Å². The first-order chi connectivity index (χ1) is 14.6. The van der Waals surface area contributed by atoms with Gasteiger partial charge in [0.05, 0.1) is 24.5 Å². The van der Waals surface area contributed by atoms with E-state index >= 15 is 0 Å². The molecule has 1 aromatic heterocycles. The second-order valence-corrected chi connectivity index (χ2v) is 8.44. The molecule has 2 heterocycles. The summed E-state index contributed by atoms with van der Waals surface area (Å²) in [6.45, 7) is 6.05. The monoisotopic (exact) mass is 451 g/mol. The fourth-order valence-electron chi connectivity index (χ4n) is 3.05. The number of ether oxygens (including phenoxy) is 3. The molecule has 2 aromatic rings. The van der Waals surface area contributed by atoms with Crippen LogP contribution >= 0.6 is 11.6 Å². The fraction of sp³-hybridized carbons (Fsp3) is 0.429. The Morgan fingerprint density at radius 3 is 2.45 bits per heavy atom. The van der Waals surface area contributed by atoms with Crippen LogP contribution in [0, 0.1) is 11.7 Å². The topological polar surface area (TPSA) is 90.9 Å². The van der Waals surface area contributed by atoms with Crippen molar-refractivity contribution in [3.8, 4) is 5.75 Å². The Morgan fingerprint density at radius 1 is 1.23 bits per heavy atom. The summed E-state index contributed by atoms with van der Waals surface area (Å²) >= 11 is 6.20. The van der Waals surface area contributed by atoms with E-state index in [0.29, 0.717) is 18.7 Å². The number of esters is 1. The molecule has 1 unspecified atom stereocenters. The average Bonchev–Trinajstić information content (AvgIpc) is 2.67. The molecular formula is C21H23ClFN3O5. The van der Waals surface area contributed by atoms with Crippen LogP contribution in [0.15, 0.2) is 30.6 Å². The summed E-state index contributed by atoms with van der Waals surface area (Å²) in [6.07, 6.45) is 1.54. The van der Waals surface area contributed by atoms with E-state index in [0.717, 1.165) is 0 Å². The maximum atomic E-state index is 14.1. The average molecular weight is 452 g/mol. The Hall–Kier alpha value is -2.94.